The van der Waals surface area contributed by atoms with Crippen LogP contribution in [0.4, 0.5) is 0 Å². The number of likely N-dealkylation sites (tertiary alicyclic amines) is 1. The van der Waals surface area contributed by atoms with E-state index < -0.39 is 0 Å². The molecule has 28 heavy (non-hydrogen) atoms. The molecular formula is C21H30N5OS+. The number of piperidine rings is 1. The molecule has 1 aromatic heterocycles. The van der Waals surface area contributed by atoms with Crippen LogP contribution in [0.5, 0.6) is 0 Å². The summed E-state index contributed by atoms with van der Waals surface area (Å²) in [4.78, 5) is 14.0. The molecule has 2 aromatic rings. The zero-order valence-electron chi connectivity index (χ0n) is 16.6. The van der Waals surface area contributed by atoms with Crippen LogP contribution in [0.25, 0.3) is 0 Å². The normalized spacial score (nSPS) is 18.8. The maximum absolute atomic E-state index is 12.4. The van der Waals surface area contributed by atoms with Crippen LogP contribution in [-0.2, 0) is 17.9 Å². The van der Waals surface area contributed by atoms with Gasteiger partial charge in [-0.2, -0.15) is 0 Å². The van der Waals surface area contributed by atoms with Crippen LogP contribution >= 0.6 is 11.8 Å². The van der Waals surface area contributed by atoms with Gasteiger partial charge in [0.15, 0.2) is 11.0 Å². The fourth-order valence-corrected chi connectivity index (χ4v) is 4.55. The third kappa shape index (κ3) is 5.14. The van der Waals surface area contributed by atoms with Gasteiger partial charge in [-0.05, 0) is 44.6 Å². The molecule has 2 heterocycles. The average Bonchev–Trinajstić information content (AvgIpc) is 3.47. The van der Waals surface area contributed by atoms with Gasteiger partial charge in [-0.15, -0.1) is 10.2 Å². The lowest BCUT2D eigenvalue weighted by Crippen LogP contribution is -3.11. The van der Waals surface area contributed by atoms with Crippen LogP contribution < -0.4 is 10.2 Å². The SMILES string of the molecule is C[C@H](Sc1nnc(C[NH+]2CCCCC2)n1Cc1ccccc1)C(=O)NC1CC1. The third-order valence-corrected chi connectivity index (χ3v) is 6.60. The van der Waals surface area contributed by atoms with Crippen molar-refractivity contribution in [3.8, 4) is 0 Å². The maximum atomic E-state index is 12.4. The molecule has 1 aromatic carbocycles. The molecule has 6 nitrogen and oxygen atoms in total. The Labute approximate surface area is 171 Å². The lowest BCUT2D eigenvalue weighted by Gasteiger charge is -2.23. The molecule has 7 heteroatoms. The molecule has 4 rings (SSSR count). The molecule has 0 spiro atoms. The molecule has 2 aliphatic rings. The van der Waals surface area contributed by atoms with Gasteiger partial charge in [-0.25, -0.2) is 0 Å². The Bertz CT molecular complexity index is 783. The van der Waals surface area contributed by atoms with E-state index in [-0.39, 0.29) is 11.2 Å². The van der Waals surface area contributed by atoms with Crippen LogP contribution in [0, 0.1) is 0 Å². The zero-order chi connectivity index (χ0) is 19.3. The standard InChI is InChI=1S/C21H29N5OS/c1-16(20(27)22-18-10-11-18)28-21-24-23-19(15-25-12-6-3-7-13-25)26(21)14-17-8-4-2-5-9-17/h2,4-5,8-9,16,18H,3,6-7,10-15H2,1H3,(H,22,27)/p+1/t16-/m0/s1. The van der Waals surface area contributed by atoms with E-state index in [0.717, 1.165) is 36.9 Å². The van der Waals surface area contributed by atoms with Crippen LogP contribution in [0.2, 0.25) is 0 Å². The number of nitrogens with one attached hydrogen (secondary N) is 2. The van der Waals surface area contributed by atoms with Crippen LogP contribution in [0.15, 0.2) is 35.5 Å². The first-order valence-corrected chi connectivity index (χ1v) is 11.3. The fraction of sp³-hybridized carbons (Fsp3) is 0.571. The Kier molecular flexibility index (Phi) is 6.32. The van der Waals surface area contributed by atoms with Gasteiger partial charge in [0, 0.05) is 6.04 Å². The minimum Gasteiger partial charge on any atom is -0.352 e. The Morgan fingerprint density at radius 2 is 1.96 bits per heavy atom. The lowest BCUT2D eigenvalue weighted by atomic mass is 10.1. The highest BCUT2D eigenvalue weighted by molar-refractivity contribution is 8.00. The van der Waals surface area contributed by atoms with Crippen molar-refractivity contribution in [2.24, 2.45) is 0 Å². The number of nitrogens with zero attached hydrogens (tertiary/aromatic N) is 3. The molecule has 1 atom stereocenters. The number of amides is 1. The van der Waals surface area contributed by atoms with Gasteiger partial charge in [0.05, 0.1) is 24.9 Å². The highest BCUT2D eigenvalue weighted by Crippen LogP contribution is 2.25. The van der Waals surface area contributed by atoms with Crippen molar-refractivity contribution < 1.29 is 9.69 Å². The number of carbonyl (C=O) groups is 1. The first-order chi connectivity index (χ1) is 13.7. The van der Waals surface area contributed by atoms with Crippen molar-refractivity contribution in [3.05, 3.63) is 41.7 Å². The first-order valence-electron chi connectivity index (χ1n) is 10.5. The third-order valence-electron chi connectivity index (χ3n) is 5.52. The molecule has 2 N–H and O–H groups in total. The summed E-state index contributed by atoms with van der Waals surface area (Å²) >= 11 is 1.52. The Hall–Kier alpha value is -1.86. The summed E-state index contributed by atoms with van der Waals surface area (Å²) in [5.41, 5.74) is 1.23. The van der Waals surface area contributed by atoms with Gasteiger partial charge >= 0.3 is 0 Å². The summed E-state index contributed by atoms with van der Waals surface area (Å²) in [7, 11) is 0. The first kappa shape index (κ1) is 19.5. The summed E-state index contributed by atoms with van der Waals surface area (Å²) in [5, 5.41) is 12.8. The van der Waals surface area contributed by atoms with E-state index in [1.807, 2.05) is 13.0 Å². The number of aromatic nitrogens is 3. The summed E-state index contributed by atoms with van der Waals surface area (Å²) in [6.45, 7) is 6.03. The number of benzene rings is 1. The molecule has 1 amide bonds. The van der Waals surface area contributed by atoms with Gasteiger partial charge in [0.25, 0.3) is 0 Å². The molecule has 1 aliphatic carbocycles. The molecule has 0 bridgehead atoms. The second-order valence-corrected chi connectivity index (χ2v) is 9.31. The minimum absolute atomic E-state index is 0.102. The summed E-state index contributed by atoms with van der Waals surface area (Å²) in [5.74, 6) is 1.13. The van der Waals surface area contributed by atoms with Gasteiger partial charge in [0.1, 0.15) is 6.54 Å². The summed E-state index contributed by atoms with van der Waals surface area (Å²) in [6.07, 6.45) is 6.14. The van der Waals surface area contributed by atoms with E-state index in [1.165, 1.54) is 49.7 Å². The predicted octanol–water partition coefficient (Wildman–Crippen LogP) is 1.65. The quantitative estimate of drug-likeness (QED) is 0.662. The number of carbonyl (C=O) groups excluding carboxylic acids is 1. The molecule has 150 valence electrons. The second kappa shape index (κ2) is 9.09. The highest BCUT2D eigenvalue weighted by Gasteiger charge is 2.28. The predicted molar refractivity (Wildman–Crippen MR) is 110 cm³/mol. The number of hydrogen-bond acceptors (Lipinski definition) is 4. The zero-order valence-corrected chi connectivity index (χ0v) is 17.4. The van der Waals surface area contributed by atoms with Gasteiger partial charge < -0.3 is 10.2 Å². The van der Waals surface area contributed by atoms with E-state index in [0.29, 0.717) is 6.04 Å². The lowest BCUT2D eigenvalue weighted by molar-refractivity contribution is -0.919. The number of thioether (sulfide) groups is 1. The van der Waals surface area contributed by atoms with Gasteiger partial charge in [-0.3, -0.25) is 9.36 Å². The van der Waals surface area contributed by atoms with Crippen LogP contribution in [-0.4, -0.2) is 45.1 Å². The van der Waals surface area contributed by atoms with Crippen molar-refractivity contribution in [2.75, 3.05) is 13.1 Å². The van der Waals surface area contributed by atoms with E-state index in [9.17, 15) is 4.79 Å². The van der Waals surface area contributed by atoms with Gasteiger partial charge in [0.2, 0.25) is 5.91 Å². The van der Waals surface area contributed by atoms with Crippen molar-refractivity contribution in [1.82, 2.24) is 20.1 Å². The monoisotopic (exact) mass is 400 g/mol. The maximum Gasteiger partial charge on any atom is 0.233 e. The number of rotatable bonds is 8. The largest absolute Gasteiger partial charge is 0.352 e. The smallest absolute Gasteiger partial charge is 0.233 e. The van der Waals surface area contributed by atoms with Crippen molar-refractivity contribution in [2.45, 2.75) is 68.6 Å². The van der Waals surface area contributed by atoms with E-state index in [4.69, 9.17) is 0 Å². The molecule has 1 saturated carbocycles. The molecule has 2 fully saturated rings. The average molecular weight is 401 g/mol. The molecular weight excluding hydrogens is 370 g/mol. The molecule has 0 unspecified atom stereocenters. The molecule has 1 saturated heterocycles. The van der Waals surface area contributed by atoms with Gasteiger partial charge in [-0.1, -0.05) is 42.1 Å². The van der Waals surface area contributed by atoms with E-state index >= 15 is 0 Å². The second-order valence-electron chi connectivity index (χ2n) is 8.00. The van der Waals surface area contributed by atoms with Crippen LogP contribution in [0.3, 0.4) is 0 Å². The highest BCUT2D eigenvalue weighted by atomic mass is 32.2. The summed E-state index contributed by atoms with van der Waals surface area (Å²) in [6, 6.07) is 10.8. The topological polar surface area (TPSA) is 64.2 Å². The van der Waals surface area contributed by atoms with E-state index in [2.05, 4.69) is 44.3 Å². The number of hydrogen-bond donors (Lipinski definition) is 2. The van der Waals surface area contributed by atoms with Crippen molar-refractivity contribution in [1.29, 1.82) is 0 Å². The number of quaternary nitrogens is 1. The fourth-order valence-electron chi connectivity index (χ4n) is 3.67. The van der Waals surface area contributed by atoms with Crippen molar-refractivity contribution in [3.63, 3.8) is 0 Å². The molecule has 1 aliphatic heterocycles. The minimum atomic E-state index is -0.172. The Balaban J connectivity index is 1.51. The van der Waals surface area contributed by atoms with E-state index in [1.54, 1.807) is 4.90 Å². The molecule has 0 radical (unpaired) electrons. The Morgan fingerprint density at radius 1 is 1.21 bits per heavy atom. The van der Waals surface area contributed by atoms with Crippen molar-refractivity contribution >= 4 is 17.7 Å². The summed E-state index contributed by atoms with van der Waals surface area (Å²) < 4.78 is 2.21. The Morgan fingerprint density at radius 3 is 2.68 bits per heavy atom. The van der Waals surface area contributed by atoms with Crippen LogP contribution in [0.1, 0.15) is 50.4 Å².